The molecule has 4 aliphatic heterocycles. The summed E-state index contributed by atoms with van der Waals surface area (Å²) in [6, 6.07) is 26.4. The van der Waals surface area contributed by atoms with Crippen molar-refractivity contribution >= 4 is 45.7 Å². The second-order valence-electron chi connectivity index (χ2n) is 16.3. The normalized spacial score (nSPS) is 17.9. The van der Waals surface area contributed by atoms with Crippen molar-refractivity contribution in [3.63, 3.8) is 0 Å². The van der Waals surface area contributed by atoms with E-state index in [1.807, 2.05) is 72.7 Å². The average molecular weight is 811 g/mol. The second-order valence-corrected chi connectivity index (χ2v) is 16.8. The van der Waals surface area contributed by atoms with Gasteiger partial charge in [-0.1, -0.05) is 23.7 Å². The Hall–Kier alpha value is -5.75. The second kappa shape index (κ2) is 15.1. The van der Waals surface area contributed by atoms with E-state index in [0.717, 1.165) is 84.0 Å². The number of carbonyl (C=O) groups excluding carboxylic acids is 2. The SMILES string of the molecule is CN1CCN(C[C@@H]2Cc3c(Cl)cccc3CN2C(=O)c2cc3c(cc2-c2cc(C(=O)N(c4ccc(O)cc4)c4ccc5c(ccn5C)c4)c4n2CCCC4)OCO3)CC1. The van der Waals surface area contributed by atoms with Crippen molar-refractivity contribution in [2.24, 2.45) is 7.05 Å². The number of carbonyl (C=O) groups is 2. The molecule has 0 saturated carbocycles. The summed E-state index contributed by atoms with van der Waals surface area (Å²) in [5.74, 6) is 0.943. The molecule has 6 heterocycles. The van der Waals surface area contributed by atoms with Gasteiger partial charge >= 0.3 is 0 Å². The summed E-state index contributed by atoms with van der Waals surface area (Å²) in [6.07, 6.45) is 5.27. The largest absolute Gasteiger partial charge is 0.508 e. The van der Waals surface area contributed by atoms with Gasteiger partial charge in [0.25, 0.3) is 11.8 Å². The van der Waals surface area contributed by atoms with Gasteiger partial charge in [0.15, 0.2) is 11.5 Å². The highest BCUT2D eigenvalue weighted by Crippen LogP contribution is 2.43. The third-order valence-electron chi connectivity index (χ3n) is 12.7. The highest BCUT2D eigenvalue weighted by molar-refractivity contribution is 6.31. The van der Waals surface area contributed by atoms with Crippen molar-refractivity contribution in [2.75, 3.05) is 51.5 Å². The number of halogens is 1. The average Bonchev–Trinajstić information content (AvgIpc) is 3.98. The van der Waals surface area contributed by atoms with Crippen molar-refractivity contribution in [2.45, 2.75) is 44.8 Å². The van der Waals surface area contributed by atoms with Gasteiger partial charge in [0, 0.05) is 109 Å². The first-order valence-corrected chi connectivity index (χ1v) is 20.9. The van der Waals surface area contributed by atoms with Crippen LogP contribution in [0.25, 0.3) is 22.2 Å². The molecule has 302 valence electrons. The first-order chi connectivity index (χ1) is 28.7. The first-order valence-electron chi connectivity index (χ1n) is 20.5. The van der Waals surface area contributed by atoms with Crippen molar-refractivity contribution in [1.82, 2.24) is 23.8 Å². The number of amides is 2. The number of anilines is 2. The number of likely N-dealkylation sites (N-methyl/N-ethyl adjacent to an activating group) is 1. The Balaban J connectivity index is 1.08. The molecule has 6 aromatic rings. The van der Waals surface area contributed by atoms with Gasteiger partial charge in [-0.15, -0.1) is 0 Å². The number of benzene rings is 4. The molecule has 59 heavy (non-hydrogen) atoms. The topological polar surface area (TPSA) is 95.7 Å². The van der Waals surface area contributed by atoms with E-state index in [0.29, 0.717) is 65.5 Å². The minimum atomic E-state index is -0.187. The monoisotopic (exact) mass is 810 g/mol. The quantitative estimate of drug-likeness (QED) is 0.176. The van der Waals surface area contributed by atoms with Gasteiger partial charge in [0.2, 0.25) is 6.79 Å². The third-order valence-corrected chi connectivity index (χ3v) is 13.1. The summed E-state index contributed by atoms with van der Waals surface area (Å²) in [4.78, 5) is 39.2. The van der Waals surface area contributed by atoms with E-state index in [-0.39, 0.29) is 30.4 Å². The summed E-state index contributed by atoms with van der Waals surface area (Å²) in [5, 5.41) is 12.0. The third kappa shape index (κ3) is 6.80. The molecule has 11 nitrogen and oxygen atoms in total. The summed E-state index contributed by atoms with van der Waals surface area (Å²) in [7, 11) is 4.15. The number of phenolic OH excluding ortho intramolecular Hbond substituents is 1. The molecular formula is C47H47ClN6O5. The van der Waals surface area contributed by atoms with E-state index in [9.17, 15) is 5.11 Å². The maximum absolute atomic E-state index is 15.4. The number of piperazine rings is 1. The molecule has 2 amide bonds. The fourth-order valence-electron chi connectivity index (χ4n) is 9.45. The molecule has 1 fully saturated rings. The predicted molar refractivity (Wildman–Crippen MR) is 229 cm³/mol. The van der Waals surface area contributed by atoms with Crippen molar-refractivity contribution < 1.29 is 24.2 Å². The Kier molecular flexibility index (Phi) is 9.62. The van der Waals surface area contributed by atoms with Crippen molar-refractivity contribution in [1.29, 1.82) is 0 Å². The van der Waals surface area contributed by atoms with Crippen LogP contribution in [0, 0.1) is 0 Å². The fraction of sp³-hybridized carbons (Fsp3) is 0.319. The molecule has 12 heteroatoms. The summed E-state index contributed by atoms with van der Waals surface area (Å²) in [6.45, 7) is 5.79. The number of nitrogens with zero attached hydrogens (tertiary/aromatic N) is 6. The summed E-state index contributed by atoms with van der Waals surface area (Å²) in [5.41, 5.74) is 8.10. The Morgan fingerprint density at radius 3 is 2.44 bits per heavy atom. The first kappa shape index (κ1) is 37.5. The van der Waals surface area contributed by atoms with Gasteiger partial charge in [-0.3, -0.25) is 19.4 Å². The van der Waals surface area contributed by atoms with Crippen LogP contribution in [0.5, 0.6) is 17.2 Å². The Labute approximate surface area is 348 Å². The molecule has 0 unspecified atom stereocenters. The van der Waals surface area contributed by atoms with Crippen molar-refractivity contribution in [3.05, 3.63) is 124 Å². The number of aryl methyl sites for hydroxylation is 1. The Morgan fingerprint density at radius 2 is 1.63 bits per heavy atom. The highest BCUT2D eigenvalue weighted by Gasteiger charge is 2.37. The van der Waals surface area contributed by atoms with Gasteiger partial charge in [-0.2, -0.15) is 0 Å². The zero-order valence-electron chi connectivity index (χ0n) is 33.4. The molecule has 0 aliphatic carbocycles. The van der Waals surface area contributed by atoms with Gasteiger partial charge in [0.05, 0.1) is 11.1 Å². The summed E-state index contributed by atoms with van der Waals surface area (Å²) < 4.78 is 16.1. The van der Waals surface area contributed by atoms with Gasteiger partial charge in [0.1, 0.15) is 5.75 Å². The lowest BCUT2D eigenvalue weighted by Gasteiger charge is -2.42. The molecule has 0 bridgehead atoms. The van der Waals surface area contributed by atoms with E-state index in [4.69, 9.17) is 21.1 Å². The van der Waals surface area contributed by atoms with Gasteiger partial charge in [-0.25, -0.2) is 0 Å². The smallest absolute Gasteiger partial charge is 0.264 e. The maximum atomic E-state index is 15.4. The minimum absolute atomic E-state index is 0.0668. The molecule has 1 saturated heterocycles. The van der Waals surface area contributed by atoms with Crippen LogP contribution in [-0.2, 0) is 33.0 Å². The number of hydrogen-bond donors (Lipinski definition) is 1. The van der Waals surface area contributed by atoms with Crippen LogP contribution >= 0.6 is 11.6 Å². The molecule has 1 atom stereocenters. The van der Waals surface area contributed by atoms with E-state index in [1.165, 1.54) is 0 Å². The van der Waals surface area contributed by atoms with Crippen LogP contribution < -0.4 is 14.4 Å². The van der Waals surface area contributed by atoms with Gasteiger partial charge in [-0.05, 0) is 117 Å². The van der Waals surface area contributed by atoms with E-state index in [2.05, 4.69) is 32.0 Å². The molecule has 1 N–H and O–H groups in total. The maximum Gasteiger partial charge on any atom is 0.264 e. The molecule has 10 rings (SSSR count). The molecule has 4 aliphatic rings. The number of aromatic hydroxyl groups is 1. The molecule has 2 aromatic heterocycles. The molecule has 0 spiro atoms. The number of aromatic nitrogens is 2. The van der Waals surface area contributed by atoms with Crippen LogP contribution in [-0.4, -0.2) is 93.4 Å². The van der Waals surface area contributed by atoms with Crippen LogP contribution in [0.3, 0.4) is 0 Å². The molecular weight excluding hydrogens is 764 g/mol. The minimum Gasteiger partial charge on any atom is -0.508 e. The van der Waals surface area contributed by atoms with Gasteiger partial charge < -0.3 is 33.5 Å². The highest BCUT2D eigenvalue weighted by atomic mass is 35.5. The summed E-state index contributed by atoms with van der Waals surface area (Å²) >= 11 is 6.81. The zero-order valence-corrected chi connectivity index (χ0v) is 34.1. The van der Waals surface area contributed by atoms with Crippen LogP contribution in [0.15, 0.2) is 91.1 Å². The van der Waals surface area contributed by atoms with Crippen LogP contribution in [0.2, 0.25) is 5.02 Å². The predicted octanol–water partition coefficient (Wildman–Crippen LogP) is 7.86. The lowest BCUT2D eigenvalue weighted by molar-refractivity contribution is 0.0536. The lowest BCUT2D eigenvalue weighted by atomic mass is 9.91. The number of hydrogen-bond acceptors (Lipinski definition) is 7. The van der Waals surface area contributed by atoms with Crippen LogP contribution in [0.1, 0.15) is 50.4 Å². The Bertz CT molecular complexity index is 2610. The standard InChI is InChI=1S/C47H47ClN6O5/c1-49-18-20-51(21-19-49)28-34-23-36-31(6-5-7-40(36)48)27-53(34)46(56)38-26-45-44(58-29-59-45)25-37(38)43-24-39(42-8-3-4-16-52(42)43)47(57)54(32-9-12-35(55)13-10-32)33-11-14-41-30(22-33)15-17-50(41)2/h5-7,9-15,17,22,24-26,34,55H,3-4,8,16,18-21,23,27-29H2,1-2H3/t34-/m0/s1. The van der Waals surface area contributed by atoms with Crippen molar-refractivity contribution in [3.8, 4) is 28.5 Å². The fourth-order valence-corrected chi connectivity index (χ4v) is 9.72. The van der Waals surface area contributed by atoms with E-state index in [1.54, 1.807) is 29.2 Å². The number of phenols is 1. The molecule has 0 radical (unpaired) electrons. The zero-order chi connectivity index (χ0) is 40.4. The molecule has 4 aromatic carbocycles. The van der Waals surface area contributed by atoms with E-state index < -0.39 is 0 Å². The van der Waals surface area contributed by atoms with Crippen LogP contribution in [0.4, 0.5) is 11.4 Å². The lowest BCUT2D eigenvalue weighted by Crippen LogP contribution is -2.53. The number of rotatable bonds is 7. The number of ether oxygens (including phenoxy) is 2. The van der Waals surface area contributed by atoms with E-state index >= 15 is 9.59 Å². The number of fused-ring (bicyclic) bond motifs is 4. The Morgan fingerprint density at radius 1 is 0.847 bits per heavy atom.